The van der Waals surface area contributed by atoms with E-state index < -0.39 is 0 Å². The van der Waals surface area contributed by atoms with Crippen LogP contribution in [0.15, 0.2) is 18.3 Å². The maximum absolute atomic E-state index is 4.35. The lowest BCUT2D eigenvalue weighted by atomic mass is 9.94. The molecule has 1 N–H and O–H groups in total. The Morgan fingerprint density at radius 3 is 3.00 bits per heavy atom. The highest BCUT2D eigenvalue weighted by molar-refractivity contribution is 5.17. The average Bonchev–Trinajstić information content (AvgIpc) is 2.71. The molecule has 1 aromatic heterocycles. The van der Waals surface area contributed by atoms with Gasteiger partial charge in [-0.2, -0.15) is 0 Å². The summed E-state index contributed by atoms with van der Waals surface area (Å²) in [6.45, 7) is 5.53. The normalized spacial score (nSPS) is 22.9. The van der Waals surface area contributed by atoms with E-state index in [1.807, 2.05) is 13.1 Å². The summed E-state index contributed by atoms with van der Waals surface area (Å²) in [5.41, 5.74) is 2.47. The Bertz CT molecular complexity index is 299. The van der Waals surface area contributed by atoms with Crippen LogP contribution >= 0.6 is 0 Å². The van der Waals surface area contributed by atoms with E-state index in [9.17, 15) is 0 Å². The zero-order valence-electron chi connectivity index (χ0n) is 9.66. The number of nitrogens with one attached hydrogen (secondary N) is 1. The summed E-state index contributed by atoms with van der Waals surface area (Å²) in [7, 11) is 0. The van der Waals surface area contributed by atoms with Gasteiger partial charge in [-0.05, 0) is 50.3 Å². The molecule has 15 heavy (non-hydrogen) atoms. The van der Waals surface area contributed by atoms with Crippen molar-refractivity contribution in [1.82, 2.24) is 10.3 Å². The second kappa shape index (κ2) is 4.75. The second-order valence-corrected chi connectivity index (χ2v) is 4.66. The summed E-state index contributed by atoms with van der Waals surface area (Å²) in [4.78, 5) is 4.35. The molecule has 0 spiro atoms. The predicted octanol–water partition coefficient (Wildman–Crippen LogP) is 2.64. The van der Waals surface area contributed by atoms with Crippen molar-refractivity contribution < 1.29 is 0 Å². The lowest BCUT2D eigenvalue weighted by molar-refractivity contribution is 0.509. The van der Waals surface area contributed by atoms with E-state index in [1.165, 1.54) is 31.4 Å². The molecule has 0 amide bonds. The highest BCUT2D eigenvalue weighted by Crippen LogP contribution is 2.23. The molecule has 2 heterocycles. The Kier molecular flexibility index (Phi) is 3.37. The molecule has 2 unspecified atom stereocenters. The highest BCUT2D eigenvalue weighted by atomic mass is 14.9. The first kappa shape index (κ1) is 10.6. The van der Waals surface area contributed by atoms with Crippen LogP contribution in [0.2, 0.25) is 0 Å². The third-order valence-electron chi connectivity index (χ3n) is 3.30. The van der Waals surface area contributed by atoms with Crippen molar-refractivity contribution in [3.05, 3.63) is 29.6 Å². The van der Waals surface area contributed by atoms with Crippen molar-refractivity contribution in [3.63, 3.8) is 0 Å². The summed E-state index contributed by atoms with van der Waals surface area (Å²) < 4.78 is 0. The lowest BCUT2D eigenvalue weighted by Crippen LogP contribution is -2.23. The molecule has 0 aliphatic carbocycles. The van der Waals surface area contributed by atoms with E-state index in [2.05, 4.69) is 29.4 Å². The fourth-order valence-electron chi connectivity index (χ4n) is 2.29. The van der Waals surface area contributed by atoms with Crippen LogP contribution in [-0.4, -0.2) is 17.6 Å². The molecule has 1 aromatic rings. The summed E-state index contributed by atoms with van der Waals surface area (Å²) in [6, 6.07) is 5.04. The highest BCUT2D eigenvalue weighted by Gasteiger charge is 2.17. The second-order valence-electron chi connectivity index (χ2n) is 4.66. The number of nitrogens with zero attached hydrogens (tertiary/aromatic N) is 1. The van der Waals surface area contributed by atoms with E-state index in [0.29, 0.717) is 5.92 Å². The fourth-order valence-corrected chi connectivity index (χ4v) is 2.29. The van der Waals surface area contributed by atoms with E-state index in [-0.39, 0.29) is 0 Å². The van der Waals surface area contributed by atoms with Crippen LogP contribution in [-0.2, 0) is 0 Å². The van der Waals surface area contributed by atoms with Gasteiger partial charge in [0.05, 0.1) is 0 Å². The van der Waals surface area contributed by atoms with Crippen molar-refractivity contribution in [1.29, 1.82) is 0 Å². The molecule has 2 rings (SSSR count). The molecule has 2 nitrogen and oxygen atoms in total. The quantitative estimate of drug-likeness (QED) is 0.818. The summed E-state index contributed by atoms with van der Waals surface area (Å²) in [5, 5.41) is 3.55. The van der Waals surface area contributed by atoms with E-state index in [0.717, 1.165) is 11.7 Å². The average molecular weight is 204 g/mol. The summed E-state index contributed by atoms with van der Waals surface area (Å²) in [5.74, 6) is 0.619. The van der Waals surface area contributed by atoms with Gasteiger partial charge < -0.3 is 5.32 Å². The van der Waals surface area contributed by atoms with Gasteiger partial charge in [0, 0.05) is 17.9 Å². The van der Waals surface area contributed by atoms with Crippen LogP contribution in [0.25, 0.3) is 0 Å². The summed E-state index contributed by atoms with van der Waals surface area (Å²) in [6.07, 6.45) is 5.94. The van der Waals surface area contributed by atoms with Crippen LogP contribution in [0.3, 0.4) is 0 Å². The molecule has 0 saturated carbocycles. The number of rotatable bonds is 3. The number of pyridine rings is 1. The first-order chi connectivity index (χ1) is 7.25. The molecule has 2 atom stereocenters. The Morgan fingerprint density at radius 2 is 2.40 bits per heavy atom. The van der Waals surface area contributed by atoms with Crippen molar-refractivity contribution in [3.8, 4) is 0 Å². The molecule has 82 valence electrons. The van der Waals surface area contributed by atoms with Gasteiger partial charge in [0.1, 0.15) is 0 Å². The first-order valence-electron chi connectivity index (χ1n) is 5.91. The number of aryl methyl sites for hydroxylation is 1. The Balaban J connectivity index is 1.94. The van der Waals surface area contributed by atoms with Gasteiger partial charge in [0.15, 0.2) is 0 Å². The lowest BCUT2D eigenvalue weighted by Gasteiger charge is -2.16. The Labute approximate surface area is 92.1 Å². The molecule has 1 fully saturated rings. The van der Waals surface area contributed by atoms with Gasteiger partial charge in [0.2, 0.25) is 0 Å². The maximum Gasteiger partial charge on any atom is 0.0372 e. The van der Waals surface area contributed by atoms with Crippen LogP contribution in [0, 0.1) is 6.92 Å². The van der Waals surface area contributed by atoms with Crippen molar-refractivity contribution in [2.24, 2.45) is 0 Å². The summed E-state index contributed by atoms with van der Waals surface area (Å²) >= 11 is 0. The standard InChI is InChI=1S/C13H20N2/c1-10(8-13-4-3-7-14-13)12-6-5-11(2)15-9-12/h5-6,9-10,13-14H,3-4,7-8H2,1-2H3. The molecule has 2 heteroatoms. The van der Waals surface area contributed by atoms with Crippen molar-refractivity contribution >= 4 is 0 Å². The zero-order valence-corrected chi connectivity index (χ0v) is 9.66. The SMILES string of the molecule is Cc1ccc(C(C)CC2CCCN2)cn1. The van der Waals surface area contributed by atoms with Gasteiger partial charge in [-0.1, -0.05) is 13.0 Å². The molecular formula is C13H20N2. The molecule has 0 radical (unpaired) electrons. The molecule has 1 saturated heterocycles. The van der Waals surface area contributed by atoms with Crippen LogP contribution in [0.4, 0.5) is 0 Å². The zero-order chi connectivity index (χ0) is 10.7. The van der Waals surface area contributed by atoms with Crippen molar-refractivity contribution in [2.75, 3.05) is 6.54 Å². The Hall–Kier alpha value is -0.890. The van der Waals surface area contributed by atoms with E-state index >= 15 is 0 Å². The predicted molar refractivity (Wildman–Crippen MR) is 63.0 cm³/mol. The minimum absolute atomic E-state index is 0.619. The minimum atomic E-state index is 0.619. The maximum atomic E-state index is 4.35. The number of hydrogen-bond donors (Lipinski definition) is 1. The topological polar surface area (TPSA) is 24.9 Å². The fraction of sp³-hybridized carbons (Fsp3) is 0.615. The molecule has 1 aliphatic heterocycles. The van der Waals surface area contributed by atoms with Gasteiger partial charge >= 0.3 is 0 Å². The van der Waals surface area contributed by atoms with Gasteiger partial charge in [0.25, 0.3) is 0 Å². The largest absolute Gasteiger partial charge is 0.314 e. The molecular weight excluding hydrogens is 184 g/mol. The van der Waals surface area contributed by atoms with E-state index in [4.69, 9.17) is 0 Å². The van der Waals surface area contributed by atoms with Crippen LogP contribution in [0.1, 0.15) is 43.4 Å². The minimum Gasteiger partial charge on any atom is -0.314 e. The molecule has 0 bridgehead atoms. The first-order valence-corrected chi connectivity index (χ1v) is 5.91. The molecule has 0 aromatic carbocycles. The van der Waals surface area contributed by atoms with Crippen LogP contribution in [0.5, 0.6) is 0 Å². The van der Waals surface area contributed by atoms with Gasteiger partial charge in [-0.3, -0.25) is 4.98 Å². The number of hydrogen-bond acceptors (Lipinski definition) is 2. The smallest absolute Gasteiger partial charge is 0.0372 e. The number of aromatic nitrogens is 1. The Morgan fingerprint density at radius 1 is 1.53 bits per heavy atom. The van der Waals surface area contributed by atoms with Gasteiger partial charge in [-0.25, -0.2) is 0 Å². The van der Waals surface area contributed by atoms with E-state index in [1.54, 1.807) is 0 Å². The third kappa shape index (κ3) is 2.78. The van der Waals surface area contributed by atoms with Crippen LogP contribution < -0.4 is 5.32 Å². The molecule has 1 aliphatic rings. The van der Waals surface area contributed by atoms with Crippen molar-refractivity contribution in [2.45, 2.75) is 45.1 Å². The van der Waals surface area contributed by atoms with Gasteiger partial charge in [-0.15, -0.1) is 0 Å². The third-order valence-corrected chi connectivity index (χ3v) is 3.30. The monoisotopic (exact) mass is 204 g/mol.